The maximum absolute atomic E-state index is 12.2. The first-order valence-electron chi connectivity index (χ1n) is 5.32. The first-order valence-corrected chi connectivity index (χ1v) is 6.76. The lowest BCUT2D eigenvalue weighted by atomic mass is 10.2. The van der Waals surface area contributed by atoms with E-state index in [-0.39, 0.29) is 4.90 Å². The van der Waals surface area contributed by atoms with E-state index in [4.69, 9.17) is 4.74 Å². The van der Waals surface area contributed by atoms with Crippen LogP contribution in [0, 0.1) is 0 Å². The Bertz CT molecular complexity index is 681. The zero-order valence-corrected chi connectivity index (χ0v) is 11.2. The van der Waals surface area contributed by atoms with Gasteiger partial charge in [-0.3, -0.25) is 4.98 Å². The molecule has 1 heterocycles. The van der Waals surface area contributed by atoms with Gasteiger partial charge in [-0.05, 0) is 24.3 Å². The van der Waals surface area contributed by atoms with Gasteiger partial charge >= 0.3 is 0 Å². The van der Waals surface area contributed by atoms with Gasteiger partial charge in [0.15, 0.2) is 0 Å². The zero-order chi connectivity index (χ0) is 13.3. The van der Waals surface area contributed by atoms with Crippen molar-refractivity contribution in [3.05, 3.63) is 30.5 Å². The summed E-state index contributed by atoms with van der Waals surface area (Å²) in [6.07, 6.45) is 1.61. The Morgan fingerprint density at radius 2 is 1.94 bits per heavy atom. The van der Waals surface area contributed by atoms with Crippen LogP contribution in [0.1, 0.15) is 0 Å². The molecule has 0 amide bonds. The van der Waals surface area contributed by atoms with Gasteiger partial charge in [-0.25, -0.2) is 12.7 Å². The average molecular weight is 266 g/mol. The molecule has 0 spiro atoms. The fourth-order valence-corrected chi connectivity index (χ4v) is 2.78. The van der Waals surface area contributed by atoms with Crippen molar-refractivity contribution in [1.29, 1.82) is 0 Å². The zero-order valence-electron chi connectivity index (χ0n) is 10.4. The number of ether oxygens (including phenoxy) is 1. The molecule has 0 unspecified atom stereocenters. The number of rotatable bonds is 3. The van der Waals surface area contributed by atoms with Crippen LogP contribution in [0.4, 0.5) is 0 Å². The highest BCUT2D eigenvalue weighted by Crippen LogP contribution is 2.30. The molecule has 0 saturated carbocycles. The molecule has 2 rings (SSSR count). The Labute approximate surface area is 106 Å². The molecule has 0 radical (unpaired) electrons. The van der Waals surface area contributed by atoms with Gasteiger partial charge in [0, 0.05) is 25.7 Å². The molecule has 18 heavy (non-hydrogen) atoms. The summed E-state index contributed by atoms with van der Waals surface area (Å²) < 4.78 is 30.8. The van der Waals surface area contributed by atoms with Crippen molar-refractivity contribution in [2.24, 2.45) is 0 Å². The predicted molar refractivity (Wildman–Crippen MR) is 69.2 cm³/mol. The van der Waals surface area contributed by atoms with Gasteiger partial charge in [-0.15, -0.1) is 0 Å². The molecular weight excluding hydrogens is 252 g/mol. The molecule has 5 nitrogen and oxygen atoms in total. The Balaban J connectivity index is 2.83. The third-order valence-electron chi connectivity index (χ3n) is 2.67. The number of aromatic nitrogens is 1. The first-order chi connectivity index (χ1) is 8.48. The lowest BCUT2D eigenvalue weighted by Gasteiger charge is -2.14. The maximum Gasteiger partial charge on any atom is 0.243 e. The minimum atomic E-state index is -3.49. The van der Waals surface area contributed by atoms with Crippen LogP contribution in [-0.2, 0) is 10.0 Å². The molecule has 1 aromatic carbocycles. The van der Waals surface area contributed by atoms with Crippen molar-refractivity contribution >= 4 is 20.9 Å². The monoisotopic (exact) mass is 266 g/mol. The molecule has 2 aromatic rings. The minimum absolute atomic E-state index is 0.233. The highest BCUT2D eigenvalue weighted by Gasteiger charge is 2.21. The van der Waals surface area contributed by atoms with Crippen LogP contribution in [0.15, 0.2) is 35.4 Å². The Kier molecular flexibility index (Phi) is 3.23. The number of methoxy groups -OCH3 is 1. The van der Waals surface area contributed by atoms with E-state index >= 15 is 0 Å². The second-order valence-corrected chi connectivity index (χ2v) is 6.07. The van der Waals surface area contributed by atoms with Gasteiger partial charge in [0.25, 0.3) is 0 Å². The number of nitrogens with zero attached hydrogens (tertiary/aromatic N) is 2. The second kappa shape index (κ2) is 4.55. The molecule has 0 aliphatic rings. The van der Waals surface area contributed by atoms with E-state index in [1.165, 1.54) is 31.6 Å². The smallest absolute Gasteiger partial charge is 0.243 e. The van der Waals surface area contributed by atoms with Crippen LogP contribution < -0.4 is 4.74 Å². The highest BCUT2D eigenvalue weighted by atomic mass is 32.2. The third kappa shape index (κ3) is 1.93. The Morgan fingerprint density at radius 3 is 2.56 bits per heavy atom. The lowest BCUT2D eigenvalue weighted by molar-refractivity contribution is 0.418. The summed E-state index contributed by atoms with van der Waals surface area (Å²) in [7, 11) is 1.04. The van der Waals surface area contributed by atoms with Gasteiger partial charge in [-0.2, -0.15) is 0 Å². The highest BCUT2D eigenvalue weighted by molar-refractivity contribution is 7.89. The summed E-state index contributed by atoms with van der Waals surface area (Å²) in [4.78, 5) is 4.41. The van der Waals surface area contributed by atoms with Crippen LogP contribution in [0.3, 0.4) is 0 Å². The number of hydrogen-bond acceptors (Lipinski definition) is 4. The van der Waals surface area contributed by atoms with Gasteiger partial charge < -0.3 is 4.74 Å². The van der Waals surface area contributed by atoms with Crippen LogP contribution in [0.2, 0.25) is 0 Å². The summed E-state index contributed by atoms with van der Waals surface area (Å²) in [5.41, 5.74) is 0.544. The van der Waals surface area contributed by atoms with E-state index in [2.05, 4.69) is 4.98 Å². The van der Waals surface area contributed by atoms with Crippen LogP contribution >= 0.6 is 0 Å². The third-order valence-corrected chi connectivity index (χ3v) is 4.54. The summed E-state index contributed by atoms with van der Waals surface area (Å²) in [6, 6.07) is 6.58. The maximum atomic E-state index is 12.2. The van der Waals surface area contributed by atoms with E-state index in [9.17, 15) is 8.42 Å². The van der Waals surface area contributed by atoms with Gasteiger partial charge in [0.1, 0.15) is 11.3 Å². The van der Waals surface area contributed by atoms with E-state index < -0.39 is 10.0 Å². The molecule has 0 fully saturated rings. The predicted octanol–water partition coefficient (Wildman–Crippen LogP) is 1.49. The SMILES string of the molecule is COc1ccc(S(=O)(=O)N(C)C)c2cccnc12. The van der Waals surface area contributed by atoms with Gasteiger partial charge in [0.05, 0.1) is 12.0 Å². The molecule has 96 valence electrons. The summed E-state index contributed by atoms with van der Waals surface area (Å²) in [5, 5.41) is 0.561. The lowest BCUT2D eigenvalue weighted by Crippen LogP contribution is -2.22. The average Bonchev–Trinajstić information content (AvgIpc) is 2.37. The van der Waals surface area contributed by atoms with E-state index in [0.717, 1.165) is 0 Å². The Morgan fingerprint density at radius 1 is 1.22 bits per heavy atom. The quantitative estimate of drug-likeness (QED) is 0.844. The molecule has 0 aliphatic carbocycles. The fraction of sp³-hybridized carbons (Fsp3) is 0.250. The molecule has 0 saturated heterocycles. The van der Waals surface area contributed by atoms with Crippen LogP contribution in [-0.4, -0.2) is 38.9 Å². The van der Waals surface area contributed by atoms with E-state index in [0.29, 0.717) is 16.7 Å². The topological polar surface area (TPSA) is 59.5 Å². The Hall–Kier alpha value is -1.66. The van der Waals surface area contributed by atoms with Crippen molar-refractivity contribution in [2.75, 3.05) is 21.2 Å². The first kappa shape index (κ1) is 12.8. The number of benzene rings is 1. The second-order valence-electron chi connectivity index (χ2n) is 3.95. The fourth-order valence-electron chi connectivity index (χ4n) is 1.71. The van der Waals surface area contributed by atoms with Gasteiger partial charge in [-0.1, -0.05) is 0 Å². The van der Waals surface area contributed by atoms with Crippen molar-refractivity contribution in [2.45, 2.75) is 4.90 Å². The normalized spacial score (nSPS) is 12.0. The van der Waals surface area contributed by atoms with Crippen LogP contribution in [0.5, 0.6) is 5.75 Å². The molecule has 0 aliphatic heterocycles. The standard InChI is InChI=1S/C12H14N2O3S/c1-14(2)18(15,16)11-7-6-10(17-3)12-9(11)5-4-8-13-12/h4-8H,1-3H3. The summed E-state index contributed by atoms with van der Waals surface area (Å²) >= 11 is 0. The molecule has 0 N–H and O–H groups in total. The van der Waals surface area contributed by atoms with Crippen LogP contribution in [0.25, 0.3) is 10.9 Å². The van der Waals surface area contributed by atoms with Crippen molar-refractivity contribution in [3.8, 4) is 5.75 Å². The van der Waals surface area contributed by atoms with Crippen molar-refractivity contribution in [3.63, 3.8) is 0 Å². The number of hydrogen-bond donors (Lipinski definition) is 0. The molecular formula is C12H14N2O3S. The molecule has 6 heteroatoms. The number of fused-ring (bicyclic) bond motifs is 1. The summed E-state index contributed by atoms with van der Waals surface area (Å²) in [6.45, 7) is 0. The minimum Gasteiger partial charge on any atom is -0.494 e. The van der Waals surface area contributed by atoms with Crippen molar-refractivity contribution < 1.29 is 13.2 Å². The van der Waals surface area contributed by atoms with E-state index in [1.807, 2.05) is 0 Å². The largest absolute Gasteiger partial charge is 0.494 e. The van der Waals surface area contributed by atoms with E-state index in [1.54, 1.807) is 24.4 Å². The molecule has 1 aromatic heterocycles. The number of sulfonamides is 1. The summed E-state index contributed by atoms with van der Waals surface area (Å²) in [5.74, 6) is 0.559. The number of pyridine rings is 1. The van der Waals surface area contributed by atoms with Crippen molar-refractivity contribution in [1.82, 2.24) is 9.29 Å². The molecule has 0 atom stereocenters. The molecule has 0 bridgehead atoms. The van der Waals surface area contributed by atoms with Gasteiger partial charge in [0.2, 0.25) is 10.0 Å².